The Labute approximate surface area is 227 Å². The Morgan fingerprint density at radius 3 is 2.82 bits per heavy atom. The summed E-state index contributed by atoms with van der Waals surface area (Å²) in [5, 5.41) is 22.7. The Morgan fingerprint density at radius 1 is 1.26 bits per heavy atom. The van der Waals surface area contributed by atoms with Gasteiger partial charge < -0.3 is 24.5 Å². The van der Waals surface area contributed by atoms with Gasteiger partial charge >= 0.3 is 6.01 Å². The molecule has 39 heavy (non-hydrogen) atoms. The van der Waals surface area contributed by atoms with Crippen LogP contribution in [0, 0.1) is 16.7 Å². The van der Waals surface area contributed by atoms with Crippen molar-refractivity contribution in [3.63, 3.8) is 0 Å². The van der Waals surface area contributed by atoms with Crippen molar-refractivity contribution in [1.82, 2.24) is 19.8 Å². The molecule has 2 aromatic carbocycles. The third-order valence-electron chi connectivity index (χ3n) is 8.44. The molecule has 1 N–H and O–H groups in total. The van der Waals surface area contributed by atoms with Gasteiger partial charge in [0.2, 0.25) is 5.91 Å². The molecule has 3 saturated heterocycles. The summed E-state index contributed by atoms with van der Waals surface area (Å²) in [5.74, 6) is 0.587. The molecule has 3 fully saturated rings. The highest BCUT2D eigenvalue weighted by molar-refractivity contribution is 5.98. The minimum absolute atomic E-state index is 0.0260. The fraction of sp³-hybridized carbons (Fsp3) is 0.400. The zero-order chi connectivity index (χ0) is 27.1. The molecule has 4 heterocycles. The van der Waals surface area contributed by atoms with E-state index in [0.29, 0.717) is 55.4 Å². The lowest BCUT2D eigenvalue weighted by Gasteiger charge is -2.47. The minimum Gasteiger partial charge on any atom is -0.508 e. The first kappa shape index (κ1) is 25.1. The van der Waals surface area contributed by atoms with Crippen molar-refractivity contribution in [3.05, 3.63) is 54.6 Å². The van der Waals surface area contributed by atoms with Crippen LogP contribution in [0.2, 0.25) is 0 Å². The largest absolute Gasteiger partial charge is 0.508 e. The lowest BCUT2D eigenvalue weighted by Crippen LogP contribution is -2.59. The molecule has 0 saturated carbocycles. The molecular formula is C30H32N6O3. The maximum atomic E-state index is 12.1. The Bertz CT molecular complexity index is 1490. The van der Waals surface area contributed by atoms with E-state index < -0.39 is 0 Å². The molecule has 1 amide bonds. The average molecular weight is 525 g/mol. The summed E-state index contributed by atoms with van der Waals surface area (Å²) in [6.45, 7) is 7.84. The van der Waals surface area contributed by atoms with Crippen LogP contribution in [0.1, 0.15) is 24.8 Å². The number of benzene rings is 2. The lowest BCUT2D eigenvalue weighted by atomic mass is 9.79. The van der Waals surface area contributed by atoms with Crippen molar-refractivity contribution in [3.8, 4) is 29.1 Å². The summed E-state index contributed by atoms with van der Waals surface area (Å²) in [4.78, 5) is 27.8. The summed E-state index contributed by atoms with van der Waals surface area (Å²) in [7, 11) is 2.10. The standard InChI is InChI=1S/C30H32N6O3/c1-3-26(38)36-18-30(19-36)10-12-35(17-30)28-25(15-31)27(24-14-22(37)13-20-7-4-5-9-23(20)24)32-29(33-28)39-16-21-8-6-11-34(21)2/h3-5,7,9,13-14,21,37H,1,6,8,10-12,16-19H2,2H3. The van der Waals surface area contributed by atoms with E-state index in [4.69, 9.17) is 14.7 Å². The number of likely N-dealkylation sites (N-methyl/N-ethyl adjacent to an activating group) is 1. The van der Waals surface area contributed by atoms with Gasteiger partial charge in [-0.2, -0.15) is 15.2 Å². The number of phenols is 1. The molecule has 200 valence electrons. The number of nitriles is 1. The number of hydrogen-bond acceptors (Lipinski definition) is 8. The van der Waals surface area contributed by atoms with E-state index in [0.717, 1.165) is 36.6 Å². The molecule has 0 bridgehead atoms. The molecule has 6 rings (SSSR count). The number of likely N-dealkylation sites (tertiary alicyclic amines) is 2. The first-order chi connectivity index (χ1) is 18.9. The van der Waals surface area contributed by atoms with Crippen molar-refractivity contribution in [2.45, 2.75) is 25.3 Å². The molecule has 9 heteroatoms. The highest BCUT2D eigenvalue weighted by Gasteiger charge is 2.49. The molecular weight excluding hydrogens is 492 g/mol. The second kappa shape index (κ2) is 9.86. The van der Waals surface area contributed by atoms with E-state index in [-0.39, 0.29) is 29.1 Å². The molecule has 0 radical (unpaired) electrons. The number of carbonyl (C=O) groups excluding carboxylic acids is 1. The van der Waals surface area contributed by atoms with Crippen LogP contribution in [-0.4, -0.2) is 83.2 Å². The number of ether oxygens (including phenoxy) is 1. The van der Waals surface area contributed by atoms with E-state index in [1.807, 2.05) is 24.3 Å². The predicted molar refractivity (Wildman–Crippen MR) is 149 cm³/mol. The summed E-state index contributed by atoms with van der Waals surface area (Å²) in [6, 6.07) is 14.0. The van der Waals surface area contributed by atoms with Gasteiger partial charge in [-0.3, -0.25) is 4.79 Å². The Balaban J connectivity index is 1.40. The van der Waals surface area contributed by atoms with Gasteiger partial charge in [0.05, 0.1) is 5.69 Å². The Kier molecular flexibility index (Phi) is 6.35. The Morgan fingerprint density at radius 2 is 2.08 bits per heavy atom. The number of hydrogen-bond donors (Lipinski definition) is 1. The smallest absolute Gasteiger partial charge is 0.319 e. The molecule has 1 aromatic heterocycles. The van der Waals surface area contributed by atoms with Gasteiger partial charge in [-0.1, -0.05) is 30.8 Å². The molecule has 9 nitrogen and oxygen atoms in total. The van der Waals surface area contributed by atoms with Gasteiger partial charge in [0.1, 0.15) is 24.0 Å². The van der Waals surface area contributed by atoms with Gasteiger partial charge in [0.25, 0.3) is 0 Å². The fourth-order valence-electron chi connectivity index (χ4n) is 6.29. The molecule has 0 aliphatic carbocycles. The van der Waals surface area contributed by atoms with Crippen LogP contribution in [0.4, 0.5) is 5.82 Å². The van der Waals surface area contributed by atoms with Crippen LogP contribution in [0.15, 0.2) is 49.1 Å². The second-order valence-electron chi connectivity index (χ2n) is 11.0. The number of fused-ring (bicyclic) bond motifs is 1. The maximum absolute atomic E-state index is 12.1. The summed E-state index contributed by atoms with van der Waals surface area (Å²) in [5.41, 5.74) is 1.43. The van der Waals surface area contributed by atoms with Crippen LogP contribution in [0.3, 0.4) is 0 Å². The average Bonchev–Trinajstić information content (AvgIpc) is 3.56. The number of anilines is 1. The summed E-state index contributed by atoms with van der Waals surface area (Å²) < 4.78 is 6.19. The van der Waals surface area contributed by atoms with Crippen LogP contribution >= 0.6 is 0 Å². The molecule has 3 aliphatic rings. The second-order valence-corrected chi connectivity index (χ2v) is 11.0. The zero-order valence-corrected chi connectivity index (χ0v) is 22.1. The zero-order valence-electron chi connectivity index (χ0n) is 22.1. The van der Waals surface area contributed by atoms with E-state index in [9.17, 15) is 15.2 Å². The van der Waals surface area contributed by atoms with Crippen LogP contribution < -0.4 is 9.64 Å². The highest BCUT2D eigenvalue weighted by Crippen LogP contribution is 2.43. The first-order valence-electron chi connectivity index (χ1n) is 13.4. The molecule has 1 unspecified atom stereocenters. The third kappa shape index (κ3) is 4.55. The van der Waals surface area contributed by atoms with Gasteiger partial charge in [-0.25, -0.2) is 0 Å². The van der Waals surface area contributed by atoms with Gasteiger partial charge in [0, 0.05) is 43.2 Å². The number of nitrogens with zero attached hydrogens (tertiary/aromatic N) is 6. The van der Waals surface area contributed by atoms with Crippen LogP contribution in [0.25, 0.3) is 22.0 Å². The highest BCUT2D eigenvalue weighted by atomic mass is 16.5. The number of phenolic OH excluding ortho intramolecular Hbond substituents is 1. The van der Waals surface area contributed by atoms with Crippen molar-refractivity contribution in [1.29, 1.82) is 5.26 Å². The SMILES string of the molecule is C=CC(=O)N1CC2(CCN(c3nc(OCC4CCCN4C)nc(-c4cc(O)cc5ccccc45)c3C#N)C2)C1. The Hall–Kier alpha value is -4.16. The van der Waals surface area contributed by atoms with E-state index in [2.05, 4.69) is 29.5 Å². The predicted octanol–water partition coefficient (Wildman–Crippen LogP) is 3.57. The molecule has 3 aromatic rings. The van der Waals surface area contributed by atoms with E-state index >= 15 is 0 Å². The minimum atomic E-state index is -0.0514. The van der Waals surface area contributed by atoms with Crippen molar-refractivity contribution in [2.75, 3.05) is 51.3 Å². The van der Waals surface area contributed by atoms with Crippen molar-refractivity contribution in [2.24, 2.45) is 5.41 Å². The van der Waals surface area contributed by atoms with E-state index in [1.165, 1.54) is 6.08 Å². The lowest BCUT2D eigenvalue weighted by molar-refractivity contribution is -0.136. The number of aromatic nitrogens is 2. The topological polar surface area (TPSA) is 106 Å². The summed E-state index contributed by atoms with van der Waals surface area (Å²) >= 11 is 0. The molecule has 1 atom stereocenters. The van der Waals surface area contributed by atoms with Gasteiger partial charge in [-0.05, 0) is 61.8 Å². The van der Waals surface area contributed by atoms with Crippen LogP contribution in [0.5, 0.6) is 11.8 Å². The third-order valence-corrected chi connectivity index (χ3v) is 8.44. The quantitative estimate of drug-likeness (QED) is 0.488. The van der Waals surface area contributed by atoms with Gasteiger partial charge in [0.15, 0.2) is 5.82 Å². The number of aromatic hydroxyl groups is 1. The van der Waals surface area contributed by atoms with Gasteiger partial charge in [-0.15, -0.1) is 0 Å². The van der Waals surface area contributed by atoms with Crippen LogP contribution in [-0.2, 0) is 4.79 Å². The normalized spacial score (nSPS) is 20.3. The fourth-order valence-corrected chi connectivity index (χ4v) is 6.29. The molecule has 1 spiro atoms. The summed E-state index contributed by atoms with van der Waals surface area (Å²) in [6.07, 6.45) is 4.44. The first-order valence-corrected chi connectivity index (χ1v) is 13.4. The number of rotatable bonds is 6. The molecule has 3 aliphatic heterocycles. The maximum Gasteiger partial charge on any atom is 0.319 e. The van der Waals surface area contributed by atoms with Crippen molar-refractivity contribution < 1.29 is 14.6 Å². The number of amides is 1. The van der Waals surface area contributed by atoms with Crippen molar-refractivity contribution >= 4 is 22.5 Å². The monoisotopic (exact) mass is 524 g/mol. The number of carbonyl (C=O) groups is 1. The van der Waals surface area contributed by atoms with E-state index in [1.54, 1.807) is 17.0 Å².